The van der Waals surface area contributed by atoms with Gasteiger partial charge in [-0.25, -0.2) is 0 Å². The molecule has 1 saturated heterocycles. The number of piperidine rings is 1. The van der Waals surface area contributed by atoms with Gasteiger partial charge in [0.25, 0.3) is 0 Å². The summed E-state index contributed by atoms with van der Waals surface area (Å²) in [5.74, 6) is 1.96. The molecule has 0 aliphatic carbocycles. The largest absolute Gasteiger partial charge is 0.338 e. The number of carbonyl (C=O) groups is 1. The van der Waals surface area contributed by atoms with Crippen LogP contribution in [-0.2, 0) is 17.1 Å². The maximum absolute atomic E-state index is 13.0. The molecule has 6 nitrogen and oxygen atoms in total. The molecular formula is C28H27ClN4O2S. The Morgan fingerprint density at radius 3 is 2.61 bits per heavy atom. The first kappa shape index (κ1) is 24.6. The van der Waals surface area contributed by atoms with Gasteiger partial charge in [-0.05, 0) is 73.5 Å². The molecule has 8 heteroatoms. The number of rotatable bonds is 8. The van der Waals surface area contributed by atoms with Crippen molar-refractivity contribution in [1.29, 1.82) is 0 Å². The van der Waals surface area contributed by atoms with Crippen LogP contribution >= 0.6 is 23.4 Å². The van der Waals surface area contributed by atoms with E-state index < -0.39 is 0 Å². The minimum absolute atomic E-state index is 0.0542. The zero-order valence-corrected chi connectivity index (χ0v) is 21.3. The van der Waals surface area contributed by atoms with Crippen LogP contribution in [0, 0.1) is 5.92 Å². The summed E-state index contributed by atoms with van der Waals surface area (Å²) in [6.07, 6.45) is 1.82. The van der Waals surface area contributed by atoms with Crippen LogP contribution in [0.3, 0.4) is 0 Å². The number of thioether (sulfide) groups is 1. The molecule has 1 fully saturated rings. The average molecular weight is 519 g/mol. The SMILES string of the molecule is O=C(Nc1ccc(CSc2ccccc2)cc1)C1CCCN(Cc2nc(-c3ccc(Cl)cc3)no2)C1. The lowest BCUT2D eigenvalue weighted by Crippen LogP contribution is -2.40. The van der Waals surface area contributed by atoms with E-state index in [0.29, 0.717) is 29.8 Å². The van der Waals surface area contributed by atoms with Crippen LogP contribution in [0.5, 0.6) is 0 Å². The number of benzene rings is 3. The second kappa shape index (κ2) is 11.7. The summed E-state index contributed by atoms with van der Waals surface area (Å²) < 4.78 is 5.46. The number of carbonyl (C=O) groups excluding carboxylic acids is 1. The molecule has 1 aliphatic heterocycles. The first-order chi connectivity index (χ1) is 17.6. The van der Waals surface area contributed by atoms with Crippen LogP contribution in [0.1, 0.15) is 24.3 Å². The van der Waals surface area contributed by atoms with E-state index in [4.69, 9.17) is 16.1 Å². The molecule has 2 heterocycles. The Morgan fingerprint density at radius 1 is 1.06 bits per heavy atom. The van der Waals surface area contributed by atoms with E-state index in [0.717, 1.165) is 36.4 Å². The predicted molar refractivity (Wildman–Crippen MR) is 144 cm³/mol. The van der Waals surface area contributed by atoms with Crippen molar-refractivity contribution in [2.75, 3.05) is 18.4 Å². The smallest absolute Gasteiger partial charge is 0.241 e. The summed E-state index contributed by atoms with van der Waals surface area (Å²) in [7, 11) is 0. The van der Waals surface area contributed by atoms with Gasteiger partial charge in [0.1, 0.15) is 0 Å². The van der Waals surface area contributed by atoms with Crippen LogP contribution in [0.25, 0.3) is 11.4 Å². The summed E-state index contributed by atoms with van der Waals surface area (Å²) in [5.41, 5.74) is 2.91. The van der Waals surface area contributed by atoms with Crippen LogP contribution < -0.4 is 5.32 Å². The third kappa shape index (κ3) is 6.55. The van der Waals surface area contributed by atoms with Gasteiger partial charge in [-0.1, -0.05) is 47.1 Å². The van der Waals surface area contributed by atoms with Gasteiger partial charge in [0, 0.05) is 33.5 Å². The van der Waals surface area contributed by atoms with Gasteiger partial charge >= 0.3 is 0 Å². The van der Waals surface area contributed by atoms with Crippen molar-refractivity contribution in [3.8, 4) is 11.4 Å². The molecule has 1 aliphatic rings. The highest BCUT2D eigenvalue weighted by Gasteiger charge is 2.27. The third-order valence-corrected chi connectivity index (χ3v) is 7.51. The Hall–Kier alpha value is -3.13. The van der Waals surface area contributed by atoms with Crippen molar-refractivity contribution < 1.29 is 9.32 Å². The molecule has 1 aromatic heterocycles. The fraction of sp³-hybridized carbons (Fsp3) is 0.250. The van der Waals surface area contributed by atoms with E-state index in [2.05, 4.69) is 44.6 Å². The van der Waals surface area contributed by atoms with Crippen LogP contribution in [0.2, 0.25) is 5.02 Å². The molecule has 36 heavy (non-hydrogen) atoms. The maximum atomic E-state index is 13.0. The van der Waals surface area contributed by atoms with Gasteiger partial charge in [-0.3, -0.25) is 9.69 Å². The van der Waals surface area contributed by atoms with Gasteiger partial charge in [0.05, 0.1) is 12.5 Å². The van der Waals surface area contributed by atoms with E-state index in [1.54, 1.807) is 23.9 Å². The van der Waals surface area contributed by atoms with Crippen LogP contribution in [0.4, 0.5) is 5.69 Å². The van der Waals surface area contributed by atoms with Crippen molar-refractivity contribution >= 4 is 35.0 Å². The quantitative estimate of drug-likeness (QED) is 0.267. The summed E-state index contributed by atoms with van der Waals surface area (Å²) >= 11 is 7.76. The summed E-state index contributed by atoms with van der Waals surface area (Å²) in [4.78, 5) is 20.9. The number of hydrogen-bond donors (Lipinski definition) is 1. The number of anilines is 1. The van der Waals surface area contributed by atoms with Crippen LogP contribution in [0.15, 0.2) is 88.3 Å². The van der Waals surface area contributed by atoms with Crippen molar-refractivity contribution in [2.45, 2.75) is 30.0 Å². The summed E-state index contributed by atoms with van der Waals surface area (Å²) in [6, 6.07) is 25.8. The van der Waals surface area contributed by atoms with E-state index in [1.807, 2.05) is 42.5 Å². The number of aromatic nitrogens is 2. The number of likely N-dealkylation sites (tertiary alicyclic amines) is 1. The minimum Gasteiger partial charge on any atom is -0.338 e. The second-order valence-electron chi connectivity index (χ2n) is 8.88. The Bertz CT molecular complexity index is 1280. The zero-order valence-electron chi connectivity index (χ0n) is 19.8. The Balaban J connectivity index is 1.12. The molecule has 4 aromatic rings. The van der Waals surface area contributed by atoms with Crippen molar-refractivity contribution in [3.05, 3.63) is 95.3 Å². The van der Waals surface area contributed by atoms with Gasteiger partial charge in [-0.2, -0.15) is 4.98 Å². The molecule has 1 N–H and O–H groups in total. The number of amides is 1. The third-order valence-electron chi connectivity index (χ3n) is 6.18. The molecule has 1 atom stereocenters. The Morgan fingerprint density at radius 2 is 1.83 bits per heavy atom. The lowest BCUT2D eigenvalue weighted by atomic mass is 9.97. The van der Waals surface area contributed by atoms with Gasteiger partial charge < -0.3 is 9.84 Å². The number of halogens is 1. The predicted octanol–water partition coefficient (Wildman–Crippen LogP) is 6.53. The topological polar surface area (TPSA) is 71.3 Å². The fourth-order valence-corrected chi connectivity index (χ4v) is 5.25. The Kier molecular flexibility index (Phi) is 8.01. The van der Waals surface area contributed by atoms with Gasteiger partial charge in [-0.15, -0.1) is 11.8 Å². The lowest BCUT2D eigenvalue weighted by molar-refractivity contribution is -0.121. The molecule has 184 valence electrons. The number of nitrogens with zero attached hydrogens (tertiary/aromatic N) is 3. The van der Waals surface area contributed by atoms with Gasteiger partial charge in [0.15, 0.2) is 0 Å². The normalized spacial score (nSPS) is 16.1. The van der Waals surface area contributed by atoms with Crippen molar-refractivity contribution in [3.63, 3.8) is 0 Å². The monoisotopic (exact) mass is 518 g/mol. The molecular weight excluding hydrogens is 492 g/mol. The zero-order chi connectivity index (χ0) is 24.7. The maximum Gasteiger partial charge on any atom is 0.241 e. The number of nitrogens with one attached hydrogen (secondary N) is 1. The highest BCUT2D eigenvalue weighted by molar-refractivity contribution is 7.98. The Labute approximate surface area is 220 Å². The van der Waals surface area contributed by atoms with Crippen molar-refractivity contribution in [2.24, 2.45) is 5.92 Å². The van der Waals surface area contributed by atoms with E-state index in [9.17, 15) is 4.79 Å². The fourth-order valence-electron chi connectivity index (χ4n) is 4.25. The van der Waals surface area contributed by atoms with Crippen molar-refractivity contribution in [1.82, 2.24) is 15.0 Å². The lowest BCUT2D eigenvalue weighted by Gasteiger charge is -2.30. The summed E-state index contributed by atoms with van der Waals surface area (Å²) in [5, 5.41) is 7.85. The standard InChI is InChI=1S/C28H27ClN4O2S/c29-23-12-10-21(11-13-23)27-31-26(35-32-27)18-33-16-4-5-22(17-33)28(34)30-24-14-8-20(9-15-24)19-36-25-6-2-1-3-7-25/h1-3,6-15,22H,4-5,16-19H2,(H,30,34). The molecule has 5 rings (SSSR count). The molecule has 0 radical (unpaired) electrons. The molecule has 1 unspecified atom stereocenters. The van der Waals surface area contributed by atoms with Crippen LogP contribution in [-0.4, -0.2) is 34.0 Å². The highest BCUT2D eigenvalue weighted by atomic mass is 35.5. The average Bonchev–Trinajstić information content (AvgIpc) is 3.38. The molecule has 1 amide bonds. The minimum atomic E-state index is -0.0780. The van der Waals surface area contributed by atoms with E-state index in [1.165, 1.54) is 10.5 Å². The van der Waals surface area contributed by atoms with E-state index >= 15 is 0 Å². The molecule has 0 spiro atoms. The first-order valence-corrected chi connectivity index (χ1v) is 13.4. The molecule has 3 aromatic carbocycles. The molecule has 0 bridgehead atoms. The first-order valence-electron chi connectivity index (χ1n) is 12.0. The van der Waals surface area contributed by atoms with Gasteiger partial charge in [0.2, 0.25) is 17.6 Å². The highest BCUT2D eigenvalue weighted by Crippen LogP contribution is 2.25. The second-order valence-corrected chi connectivity index (χ2v) is 10.4. The van der Waals surface area contributed by atoms with E-state index in [-0.39, 0.29) is 11.8 Å². The molecule has 0 saturated carbocycles. The summed E-state index contributed by atoms with van der Waals surface area (Å²) in [6.45, 7) is 2.09. The number of hydrogen-bond acceptors (Lipinski definition) is 6.